The van der Waals surface area contributed by atoms with Crippen molar-refractivity contribution in [2.24, 2.45) is 0 Å². The van der Waals surface area contributed by atoms with Crippen LogP contribution in [0.3, 0.4) is 0 Å². The van der Waals surface area contributed by atoms with Gasteiger partial charge >= 0.3 is 0 Å². The fraction of sp³-hybridized carbons (Fsp3) is 0.455. The first-order chi connectivity index (χ1) is 15.1. The van der Waals surface area contributed by atoms with E-state index in [9.17, 15) is 0 Å². The molecule has 3 N–H and O–H groups in total. The number of aromatic nitrogens is 3. The molecule has 3 aromatic rings. The summed E-state index contributed by atoms with van der Waals surface area (Å²) in [5, 5.41) is 0.408. The lowest BCUT2D eigenvalue weighted by Gasteiger charge is -2.40. The van der Waals surface area contributed by atoms with E-state index in [0.29, 0.717) is 33.7 Å². The summed E-state index contributed by atoms with van der Waals surface area (Å²) in [7, 11) is 1.68. The van der Waals surface area contributed by atoms with Crippen molar-refractivity contribution in [2.75, 3.05) is 57.1 Å². The molecule has 0 saturated carbocycles. The zero-order valence-corrected chi connectivity index (χ0v) is 18.4. The van der Waals surface area contributed by atoms with Crippen molar-refractivity contribution in [3.63, 3.8) is 0 Å². The molecular weight excluding hydrogens is 416 g/mol. The van der Waals surface area contributed by atoms with E-state index >= 15 is 0 Å². The standard InChI is InChI=1S/C22H27ClN6O2/c1-30-18-12-15(28-6-4-14(5-7-28)29-8-10-31-11-9-29)2-3-16(18)21-26-20-19(24)17(23)13-25-22(20)27-21/h2-3,12-14H,4-11H2,1H3,(H3,24,25,26,27). The number of nitrogens with one attached hydrogen (secondary N) is 1. The van der Waals surface area contributed by atoms with Gasteiger partial charge in [0.1, 0.15) is 17.1 Å². The van der Waals surface area contributed by atoms with Crippen LogP contribution >= 0.6 is 11.6 Å². The number of H-pyrrole nitrogens is 1. The van der Waals surface area contributed by atoms with Crippen molar-refractivity contribution in [1.82, 2.24) is 19.9 Å². The Bertz CT molecular complexity index is 1070. The number of hydrogen-bond donors (Lipinski definition) is 2. The van der Waals surface area contributed by atoms with E-state index in [2.05, 4.69) is 36.9 Å². The first-order valence-corrected chi connectivity index (χ1v) is 11.1. The van der Waals surface area contributed by atoms with Crippen LogP contribution in [-0.4, -0.2) is 72.4 Å². The molecule has 164 valence electrons. The third-order valence-electron chi connectivity index (χ3n) is 6.34. The fourth-order valence-electron chi connectivity index (χ4n) is 4.58. The predicted molar refractivity (Wildman–Crippen MR) is 123 cm³/mol. The van der Waals surface area contributed by atoms with Crippen LogP contribution in [0.5, 0.6) is 5.75 Å². The van der Waals surface area contributed by atoms with Crippen LogP contribution < -0.4 is 15.4 Å². The third-order valence-corrected chi connectivity index (χ3v) is 6.64. The smallest absolute Gasteiger partial charge is 0.180 e. The molecule has 0 amide bonds. The van der Waals surface area contributed by atoms with Gasteiger partial charge in [-0.2, -0.15) is 0 Å². The van der Waals surface area contributed by atoms with Gasteiger partial charge in [-0.25, -0.2) is 9.97 Å². The van der Waals surface area contributed by atoms with Crippen LogP contribution in [-0.2, 0) is 4.74 Å². The van der Waals surface area contributed by atoms with Gasteiger partial charge in [0.25, 0.3) is 0 Å². The number of halogens is 1. The maximum Gasteiger partial charge on any atom is 0.180 e. The summed E-state index contributed by atoms with van der Waals surface area (Å²) in [6.07, 6.45) is 3.85. The summed E-state index contributed by atoms with van der Waals surface area (Å²) < 4.78 is 11.2. The molecule has 2 aliphatic rings. The first-order valence-electron chi connectivity index (χ1n) is 10.7. The lowest BCUT2D eigenvalue weighted by Crippen LogP contribution is -2.49. The number of ether oxygens (including phenoxy) is 2. The average Bonchev–Trinajstić information content (AvgIpc) is 3.27. The summed E-state index contributed by atoms with van der Waals surface area (Å²) in [5.41, 5.74) is 9.73. The number of nitrogens with zero attached hydrogens (tertiary/aromatic N) is 4. The first kappa shape index (κ1) is 20.4. The van der Waals surface area contributed by atoms with Crippen molar-refractivity contribution >= 4 is 34.1 Å². The number of rotatable bonds is 4. The number of aromatic amines is 1. The van der Waals surface area contributed by atoms with E-state index in [-0.39, 0.29) is 0 Å². The maximum absolute atomic E-state index is 6.09. The van der Waals surface area contributed by atoms with E-state index in [4.69, 9.17) is 26.8 Å². The quantitative estimate of drug-likeness (QED) is 0.641. The Morgan fingerprint density at radius 2 is 1.97 bits per heavy atom. The second kappa shape index (κ2) is 8.53. The largest absolute Gasteiger partial charge is 0.496 e. The highest BCUT2D eigenvalue weighted by atomic mass is 35.5. The van der Waals surface area contributed by atoms with E-state index in [0.717, 1.165) is 56.4 Å². The number of morpholine rings is 1. The van der Waals surface area contributed by atoms with Crippen molar-refractivity contribution < 1.29 is 9.47 Å². The number of nitrogens with two attached hydrogens (primary N) is 1. The summed E-state index contributed by atoms with van der Waals surface area (Å²) in [6.45, 7) is 5.88. The lowest BCUT2D eigenvalue weighted by molar-refractivity contribution is 0.0115. The molecule has 31 heavy (non-hydrogen) atoms. The summed E-state index contributed by atoms with van der Waals surface area (Å²) in [4.78, 5) is 17.1. The number of benzene rings is 1. The second-order valence-electron chi connectivity index (χ2n) is 8.05. The van der Waals surface area contributed by atoms with Crippen LogP contribution in [0.15, 0.2) is 24.4 Å². The molecule has 5 rings (SSSR count). The topological polar surface area (TPSA) is 92.5 Å². The lowest BCUT2D eigenvalue weighted by atomic mass is 10.0. The Morgan fingerprint density at radius 3 is 2.71 bits per heavy atom. The Labute approximate surface area is 186 Å². The van der Waals surface area contributed by atoms with Gasteiger partial charge in [0, 0.05) is 44.0 Å². The molecule has 0 unspecified atom stereocenters. The summed E-state index contributed by atoms with van der Waals surface area (Å²) in [5.74, 6) is 1.42. The van der Waals surface area contributed by atoms with Gasteiger partial charge in [-0.3, -0.25) is 4.90 Å². The molecule has 0 radical (unpaired) electrons. The van der Waals surface area contributed by atoms with Crippen molar-refractivity contribution in [3.8, 4) is 17.1 Å². The Hall–Kier alpha value is -2.55. The fourth-order valence-corrected chi connectivity index (χ4v) is 4.73. The highest BCUT2D eigenvalue weighted by Gasteiger charge is 2.26. The van der Waals surface area contributed by atoms with Gasteiger partial charge in [0.15, 0.2) is 5.65 Å². The molecule has 2 saturated heterocycles. The van der Waals surface area contributed by atoms with Gasteiger partial charge in [-0.15, -0.1) is 0 Å². The van der Waals surface area contributed by atoms with E-state index in [1.54, 1.807) is 7.11 Å². The molecule has 4 heterocycles. The molecule has 1 aromatic carbocycles. The minimum absolute atomic E-state index is 0.408. The Balaban J connectivity index is 1.35. The predicted octanol–water partition coefficient (Wildman–Crippen LogP) is 3.17. The normalized spacial score (nSPS) is 18.6. The van der Waals surface area contributed by atoms with Crippen LogP contribution in [0.25, 0.3) is 22.6 Å². The molecule has 0 atom stereocenters. The van der Waals surface area contributed by atoms with Gasteiger partial charge in [-0.05, 0) is 25.0 Å². The van der Waals surface area contributed by atoms with Crippen LogP contribution in [0.2, 0.25) is 5.02 Å². The van der Waals surface area contributed by atoms with Crippen molar-refractivity contribution in [3.05, 3.63) is 29.4 Å². The molecule has 2 aromatic heterocycles. The molecule has 2 fully saturated rings. The Kier molecular flexibility index (Phi) is 5.60. The number of nitrogen functional groups attached to an aromatic ring is 1. The zero-order valence-electron chi connectivity index (χ0n) is 17.6. The number of pyridine rings is 1. The monoisotopic (exact) mass is 442 g/mol. The van der Waals surface area contributed by atoms with Crippen molar-refractivity contribution in [2.45, 2.75) is 18.9 Å². The molecule has 2 aliphatic heterocycles. The van der Waals surface area contributed by atoms with Gasteiger partial charge in [0.2, 0.25) is 0 Å². The van der Waals surface area contributed by atoms with Crippen LogP contribution in [0.4, 0.5) is 11.4 Å². The summed E-state index contributed by atoms with van der Waals surface area (Å²) in [6, 6.07) is 6.91. The SMILES string of the molecule is COc1cc(N2CCC(N3CCOCC3)CC2)ccc1-c1nc2ncc(Cl)c(N)c2[nH]1. The number of hydrogen-bond acceptors (Lipinski definition) is 7. The molecule has 9 heteroatoms. The van der Waals surface area contributed by atoms with Gasteiger partial charge in [0.05, 0.1) is 42.8 Å². The van der Waals surface area contributed by atoms with Crippen LogP contribution in [0, 0.1) is 0 Å². The van der Waals surface area contributed by atoms with Crippen LogP contribution in [0.1, 0.15) is 12.8 Å². The third kappa shape index (κ3) is 3.91. The Morgan fingerprint density at radius 1 is 1.19 bits per heavy atom. The highest BCUT2D eigenvalue weighted by Crippen LogP contribution is 2.35. The van der Waals surface area contributed by atoms with E-state index < -0.39 is 0 Å². The minimum atomic E-state index is 0.408. The van der Waals surface area contributed by atoms with Gasteiger partial charge in [-0.1, -0.05) is 11.6 Å². The molecule has 8 nitrogen and oxygen atoms in total. The number of fused-ring (bicyclic) bond motifs is 1. The van der Waals surface area contributed by atoms with Crippen molar-refractivity contribution in [1.29, 1.82) is 0 Å². The maximum atomic E-state index is 6.09. The average molecular weight is 443 g/mol. The van der Waals surface area contributed by atoms with E-state index in [1.165, 1.54) is 19.0 Å². The number of piperidine rings is 1. The van der Waals surface area contributed by atoms with Gasteiger partial charge < -0.3 is 25.1 Å². The number of anilines is 2. The minimum Gasteiger partial charge on any atom is -0.496 e. The zero-order chi connectivity index (χ0) is 21.4. The summed E-state index contributed by atoms with van der Waals surface area (Å²) >= 11 is 6.09. The number of imidazole rings is 1. The molecular formula is C22H27ClN6O2. The second-order valence-corrected chi connectivity index (χ2v) is 8.46. The molecule has 0 spiro atoms. The van der Waals surface area contributed by atoms with E-state index in [1.807, 2.05) is 6.07 Å². The number of methoxy groups -OCH3 is 1. The molecule has 0 aliphatic carbocycles. The highest BCUT2D eigenvalue weighted by molar-refractivity contribution is 6.34. The molecule has 0 bridgehead atoms.